The van der Waals surface area contributed by atoms with Crippen molar-refractivity contribution in [2.75, 3.05) is 0 Å². The smallest absolute Gasteiger partial charge is 0.140 e. The fraction of sp³-hybridized carbons (Fsp3) is 0.0323. The summed E-state index contributed by atoms with van der Waals surface area (Å²) in [5.74, 6) is 0.960. The highest BCUT2D eigenvalue weighted by molar-refractivity contribution is 6.22. The summed E-state index contributed by atoms with van der Waals surface area (Å²) >= 11 is 0. The topological polar surface area (TPSA) is 30.7 Å². The van der Waals surface area contributed by atoms with Crippen LogP contribution >= 0.6 is 0 Å². The molecular formula is C31H21N3. The Morgan fingerprint density at radius 3 is 2.09 bits per heavy atom. The third-order valence-corrected chi connectivity index (χ3v) is 6.82. The molecule has 7 aromatic rings. The van der Waals surface area contributed by atoms with E-state index in [1.54, 1.807) is 0 Å². The van der Waals surface area contributed by atoms with Gasteiger partial charge in [0.05, 0.1) is 16.6 Å². The zero-order chi connectivity index (χ0) is 22.6. The van der Waals surface area contributed by atoms with E-state index in [4.69, 9.17) is 4.98 Å². The third kappa shape index (κ3) is 2.77. The van der Waals surface area contributed by atoms with Crippen LogP contribution in [0, 0.1) is 0 Å². The molecule has 0 atom stereocenters. The number of aryl methyl sites for hydroxylation is 1. The fourth-order valence-corrected chi connectivity index (χ4v) is 5.14. The molecule has 0 saturated carbocycles. The second-order valence-corrected chi connectivity index (χ2v) is 8.78. The van der Waals surface area contributed by atoms with E-state index in [2.05, 4.69) is 114 Å². The molecule has 0 amide bonds. The predicted octanol–water partition coefficient (Wildman–Crippen LogP) is 7.76. The lowest BCUT2D eigenvalue weighted by atomic mass is 10.0. The number of pyridine rings is 1. The van der Waals surface area contributed by atoms with E-state index in [0.717, 1.165) is 38.7 Å². The van der Waals surface area contributed by atoms with Crippen LogP contribution in [0.5, 0.6) is 0 Å². The second kappa shape index (κ2) is 7.26. The maximum Gasteiger partial charge on any atom is 0.140 e. The monoisotopic (exact) mass is 435 g/mol. The number of imidazole rings is 1. The van der Waals surface area contributed by atoms with Crippen LogP contribution in [0.15, 0.2) is 109 Å². The SMILES string of the molecule is Cn1c(-c2ccc(-c3ccc4ccccc4c3)cc2)nc2c3cccnc3c3ccccc3c21. The van der Waals surface area contributed by atoms with Gasteiger partial charge in [-0.05, 0) is 40.1 Å². The van der Waals surface area contributed by atoms with Gasteiger partial charge in [-0.25, -0.2) is 4.98 Å². The van der Waals surface area contributed by atoms with Gasteiger partial charge < -0.3 is 4.57 Å². The van der Waals surface area contributed by atoms with E-state index in [9.17, 15) is 0 Å². The molecule has 3 heteroatoms. The van der Waals surface area contributed by atoms with E-state index in [-0.39, 0.29) is 0 Å². The van der Waals surface area contributed by atoms with Crippen LogP contribution in [0.3, 0.4) is 0 Å². The summed E-state index contributed by atoms with van der Waals surface area (Å²) in [5, 5.41) is 5.94. The lowest BCUT2D eigenvalue weighted by Crippen LogP contribution is -1.93. The van der Waals surface area contributed by atoms with Crippen molar-refractivity contribution >= 4 is 43.5 Å². The molecule has 3 nitrogen and oxygen atoms in total. The summed E-state index contributed by atoms with van der Waals surface area (Å²) in [6.07, 6.45) is 1.86. The zero-order valence-corrected chi connectivity index (χ0v) is 18.7. The van der Waals surface area contributed by atoms with Crippen LogP contribution in [-0.4, -0.2) is 14.5 Å². The lowest BCUT2D eigenvalue weighted by Gasteiger charge is -2.08. The second-order valence-electron chi connectivity index (χ2n) is 8.78. The van der Waals surface area contributed by atoms with Gasteiger partial charge in [-0.2, -0.15) is 0 Å². The first kappa shape index (κ1) is 19.0. The minimum Gasteiger partial charge on any atom is -0.327 e. The van der Waals surface area contributed by atoms with Gasteiger partial charge in [0.15, 0.2) is 0 Å². The number of hydrogen-bond donors (Lipinski definition) is 0. The summed E-state index contributed by atoms with van der Waals surface area (Å²) in [7, 11) is 2.11. The highest BCUT2D eigenvalue weighted by atomic mass is 15.1. The maximum atomic E-state index is 5.13. The molecule has 5 aromatic carbocycles. The molecule has 0 unspecified atom stereocenters. The first-order valence-corrected chi connectivity index (χ1v) is 11.5. The highest BCUT2D eigenvalue weighted by Gasteiger charge is 2.17. The van der Waals surface area contributed by atoms with Crippen LogP contribution in [0.4, 0.5) is 0 Å². The number of rotatable bonds is 2. The summed E-state index contributed by atoms with van der Waals surface area (Å²) in [6.45, 7) is 0. The van der Waals surface area contributed by atoms with Gasteiger partial charge in [-0.1, -0.05) is 84.9 Å². The molecule has 0 fully saturated rings. The number of hydrogen-bond acceptors (Lipinski definition) is 2. The lowest BCUT2D eigenvalue weighted by molar-refractivity contribution is 0.962. The average Bonchev–Trinajstić information content (AvgIpc) is 3.26. The largest absolute Gasteiger partial charge is 0.327 e. The van der Waals surface area contributed by atoms with Gasteiger partial charge in [0.1, 0.15) is 5.82 Å². The zero-order valence-electron chi connectivity index (χ0n) is 18.7. The van der Waals surface area contributed by atoms with Crippen LogP contribution < -0.4 is 0 Å². The van der Waals surface area contributed by atoms with Crippen molar-refractivity contribution in [3.05, 3.63) is 109 Å². The number of nitrogens with zero attached hydrogens (tertiary/aromatic N) is 3. The Hall–Kier alpha value is -4.50. The van der Waals surface area contributed by atoms with Gasteiger partial charge in [0.25, 0.3) is 0 Å². The average molecular weight is 436 g/mol. The molecule has 0 N–H and O–H groups in total. The van der Waals surface area contributed by atoms with E-state index < -0.39 is 0 Å². The normalized spacial score (nSPS) is 11.7. The Morgan fingerprint density at radius 2 is 1.24 bits per heavy atom. The molecule has 0 aliphatic carbocycles. The Kier molecular flexibility index (Phi) is 4.06. The molecule has 2 aromatic heterocycles. The van der Waals surface area contributed by atoms with Crippen molar-refractivity contribution in [1.82, 2.24) is 14.5 Å². The molecule has 0 bridgehead atoms. The standard InChI is InChI=1S/C31H21N3/c1-34-30-26-10-5-4-9-25(26)28-27(11-6-18-32-28)29(30)33-31(34)22-15-12-21(13-16-22)24-17-14-20-7-2-3-8-23(20)19-24/h2-19H,1H3. The fourth-order valence-electron chi connectivity index (χ4n) is 5.14. The number of aromatic nitrogens is 3. The van der Waals surface area contributed by atoms with E-state index in [0.29, 0.717) is 0 Å². The van der Waals surface area contributed by atoms with Gasteiger partial charge in [0.2, 0.25) is 0 Å². The van der Waals surface area contributed by atoms with Crippen molar-refractivity contribution in [2.45, 2.75) is 0 Å². The summed E-state index contributed by atoms with van der Waals surface area (Å²) < 4.78 is 2.22. The van der Waals surface area contributed by atoms with Gasteiger partial charge in [0, 0.05) is 35.0 Å². The van der Waals surface area contributed by atoms with Crippen molar-refractivity contribution in [3.63, 3.8) is 0 Å². The Balaban J connectivity index is 1.40. The molecule has 0 saturated heterocycles. The van der Waals surface area contributed by atoms with Crippen molar-refractivity contribution < 1.29 is 0 Å². The first-order valence-electron chi connectivity index (χ1n) is 11.5. The summed E-state index contributed by atoms with van der Waals surface area (Å²) in [4.78, 5) is 9.82. The Labute approximate surface area is 196 Å². The van der Waals surface area contributed by atoms with Gasteiger partial charge >= 0.3 is 0 Å². The number of fused-ring (bicyclic) bond motifs is 7. The Bertz CT molecular complexity index is 1860. The molecule has 34 heavy (non-hydrogen) atoms. The first-order chi connectivity index (χ1) is 16.8. The van der Waals surface area contributed by atoms with Crippen LogP contribution in [-0.2, 0) is 7.05 Å². The van der Waals surface area contributed by atoms with Crippen LogP contribution in [0.25, 0.3) is 66.0 Å². The van der Waals surface area contributed by atoms with Crippen molar-refractivity contribution in [1.29, 1.82) is 0 Å². The predicted molar refractivity (Wildman–Crippen MR) is 142 cm³/mol. The highest BCUT2D eigenvalue weighted by Crippen LogP contribution is 2.36. The summed E-state index contributed by atoms with van der Waals surface area (Å²) in [5.41, 5.74) is 6.67. The molecule has 2 heterocycles. The van der Waals surface area contributed by atoms with E-state index in [1.165, 1.54) is 27.3 Å². The molecular weight excluding hydrogens is 414 g/mol. The van der Waals surface area contributed by atoms with Crippen molar-refractivity contribution in [2.24, 2.45) is 7.05 Å². The Morgan fingerprint density at radius 1 is 0.559 bits per heavy atom. The molecule has 7 rings (SSSR count). The van der Waals surface area contributed by atoms with Crippen molar-refractivity contribution in [3.8, 4) is 22.5 Å². The molecule has 0 spiro atoms. The molecule has 160 valence electrons. The van der Waals surface area contributed by atoms with Gasteiger partial charge in [-0.3, -0.25) is 4.98 Å². The maximum absolute atomic E-state index is 5.13. The molecule has 0 aliphatic heterocycles. The minimum absolute atomic E-state index is 0.960. The molecule has 0 radical (unpaired) electrons. The van der Waals surface area contributed by atoms with Crippen LogP contribution in [0.1, 0.15) is 0 Å². The van der Waals surface area contributed by atoms with E-state index >= 15 is 0 Å². The number of benzene rings is 5. The minimum atomic E-state index is 0.960. The third-order valence-electron chi connectivity index (χ3n) is 6.82. The van der Waals surface area contributed by atoms with Gasteiger partial charge in [-0.15, -0.1) is 0 Å². The quantitative estimate of drug-likeness (QED) is 0.260. The van der Waals surface area contributed by atoms with E-state index in [1.807, 2.05) is 12.3 Å². The summed E-state index contributed by atoms with van der Waals surface area (Å²) in [6, 6.07) is 36.4. The molecule has 0 aliphatic rings. The van der Waals surface area contributed by atoms with Crippen LogP contribution in [0.2, 0.25) is 0 Å².